The smallest absolute Gasteiger partial charge is 0.207 e. The maximum Gasteiger partial charge on any atom is 0.207 e. The van der Waals surface area contributed by atoms with E-state index in [0.717, 1.165) is 36.4 Å². The van der Waals surface area contributed by atoms with Gasteiger partial charge in [0.05, 0.1) is 31.3 Å². The minimum atomic E-state index is -0.861. The van der Waals surface area contributed by atoms with Crippen LogP contribution in [0.3, 0.4) is 0 Å². The molecule has 0 aromatic heterocycles. The first kappa shape index (κ1) is 18.4. The van der Waals surface area contributed by atoms with Crippen LogP contribution in [-0.4, -0.2) is 67.5 Å². The van der Waals surface area contributed by atoms with Crippen molar-refractivity contribution >= 4 is 0 Å². The lowest BCUT2D eigenvalue weighted by Gasteiger charge is -2.66. The first-order valence-electron chi connectivity index (χ1n) is 10.8. The largest absolute Gasteiger partial charge is 0.493 e. The Balaban J connectivity index is 1.57. The molecule has 2 saturated heterocycles. The molecule has 158 valence electrons. The van der Waals surface area contributed by atoms with Crippen molar-refractivity contribution in [3.8, 4) is 11.5 Å². The van der Waals surface area contributed by atoms with E-state index in [9.17, 15) is 5.11 Å². The maximum atomic E-state index is 12.3. The van der Waals surface area contributed by atoms with Gasteiger partial charge in [-0.25, -0.2) is 0 Å². The molecule has 2 bridgehead atoms. The summed E-state index contributed by atoms with van der Waals surface area (Å²) in [7, 11) is 3.82. The van der Waals surface area contributed by atoms with Gasteiger partial charge in [-0.05, 0) is 44.5 Å². The number of methoxy groups -OCH3 is 1. The van der Waals surface area contributed by atoms with Gasteiger partial charge < -0.3 is 29.0 Å². The van der Waals surface area contributed by atoms with Crippen LogP contribution >= 0.6 is 0 Å². The molecule has 2 aliphatic carbocycles. The van der Waals surface area contributed by atoms with E-state index in [1.807, 2.05) is 6.07 Å². The summed E-state index contributed by atoms with van der Waals surface area (Å²) in [5.74, 6) is 0.703. The van der Waals surface area contributed by atoms with E-state index in [0.29, 0.717) is 26.1 Å². The van der Waals surface area contributed by atoms with Crippen molar-refractivity contribution in [2.45, 2.75) is 68.5 Å². The van der Waals surface area contributed by atoms with Crippen molar-refractivity contribution in [3.05, 3.63) is 23.3 Å². The Hall–Kier alpha value is -1.34. The molecule has 5 aliphatic rings. The van der Waals surface area contributed by atoms with Crippen LogP contribution in [0.5, 0.6) is 11.5 Å². The van der Waals surface area contributed by atoms with Crippen LogP contribution in [-0.2, 0) is 21.3 Å². The number of piperidine rings is 1. The maximum absolute atomic E-state index is 12.3. The second-order valence-electron chi connectivity index (χ2n) is 10.5. The Morgan fingerprint density at radius 3 is 2.62 bits per heavy atom. The summed E-state index contributed by atoms with van der Waals surface area (Å²) in [6.07, 6.45) is 2.58. The second kappa shape index (κ2) is 5.47. The second-order valence-corrected chi connectivity index (χ2v) is 10.5. The molecule has 3 heterocycles. The summed E-state index contributed by atoms with van der Waals surface area (Å²) in [6.45, 7) is 6.50. The average molecular weight is 402 g/mol. The van der Waals surface area contributed by atoms with E-state index < -0.39 is 16.8 Å². The Morgan fingerprint density at radius 1 is 1.14 bits per heavy atom. The molecule has 1 saturated carbocycles. The third-order valence-electron chi connectivity index (χ3n) is 8.35. The standard InChI is InChI=1S/C23H31NO5/c1-20(2)12-27-23(28-13-20)8-7-22(25)16-11-14-5-6-15(26-4)18-17(14)21(22,19(23)29-18)9-10-24(16)3/h5-6,16,19,25H,7-13H2,1-4H3/t16-,19-,21+,22?/m1/s1. The Kier molecular flexibility index (Phi) is 3.48. The number of aliphatic hydroxyl groups is 1. The third kappa shape index (κ3) is 2.02. The Morgan fingerprint density at radius 2 is 1.90 bits per heavy atom. The predicted octanol–water partition coefficient (Wildman–Crippen LogP) is 2.25. The highest BCUT2D eigenvalue weighted by Gasteiger charge is 2.77. The lowest BCUT2D eigenvalue weighted by molar-refractivity contribution is -0.368. The van der Waals surface area contributed by atoms with Crippen LogP contribution < -0.4 is 9.47 Å². The van der Waals surface area contributed by atoms with Crippen molar-refractivity contribution in [1.29, 1.82) is 0 Å². The van der Waals surface area contributed by atoms with Crippen LogP contribution in [0.15, 0.2) is 12.1 Å². The number of hydrogen-bond acceptors (Lipinski definition) is 6. The zero-order valence-corrected chi connectivity index (χ0v) is 17.8. The highest BCUT2D eigenvalue weighted by atomic mass is 16.7. The number of hydrogen-bond donors (Lipinski definition) is 1. The predicted molar refractivity (Wildman–Crippen MR) is 106 cm³/mol. The lowest BCUT2D eigenvalue weighted by Crippen LogP contribution is -2.80. The van der Waals surface area contributed by atoms with Gasteiger partial charge in [0.2, 0.25) is 5.79 Å². The van der Waals surface area contributed by atoms with Crippen molar-refractivity contribution in [3.63, 3.8) is 0 Å². The molecule has 6 heteroatoms. The van der Waals surface area contributed by atoms with Crippen molar-refractivity contribution in [2.24, 2.45) is 5.41 Å². The highest BCUT2D eigenvalue weighted by molar-refractivity contribution is 5.63. The average Bonchev–Trinajstić information content (AvgIpc) is 3.05. The molecule has 6 nitrogen and oxygen atoms in total. The topological polar surface area (TPSA) is 60.4 Å². The van der Waals surface area contributed by atoms with Gasteiger partial charge in [0.15, 0.2) is 17.6 Å². The summed E-state index contributed by atoms with van der Waals surface area (Å²) in [5.41, 5.74) is 0.997. The molecule has 1 unspecified atom stereocenters. The van der Waals surface area contributed by atoms with Gasteiger partial charge >= 0.3 is 0 Å². The monoisotopic (exact) mass is 401 g/mol. The number of likely N-dealkylation sites (N-methyl/N-ethyl adjacent to an activating group) is 1. The Labute approximate surface area is 172 Å². The van der Waals surface area contributed by atoms with Gasteiger partial charge in [0, 0.05) is 23.4 Å². The van der Waals surface area contributed by atoms with E-state index in [1.54, 1.807) is 7.11 Å². The number of nitrogens with zero attached hydrogens (tertiary/aromatic N) is 1. The van der Waals surface area contributed by atoms with Crippen molar-refractivity contribution < 1.29 is 24.1 Å². The first-order valence-corrected chi connectivity index (χ1v) is 10.8. The van der Waals surface area contributed by atoms with E-state index in [1.165, 1.54) is 5.56 Å². The molecule has 1 aromatic rings. The van der Waals surface area contributed by atoms with Crippen molar-refractivity contribution in [1.82, 2.24) is 4.90 Å². The number of benzene rings is 1. The molecule has 3 aliphatic heterocycles. The highest BCUT2D eigenvalue weighted by Crippen LogP contribution is 2.68. The van der Waals surface area contributed by atoms with Crippen LogP contribution in [0.25, 0.3) is 0 Å². The van der Waals surface area contributed by atoms with Crippen LogP contribution in [0, 0.1) is 5.41 Å². The zero-order valence-electron chi connectivity index (χ0n) is 17.8. The van der Waals surface area contributed by atoms with Crippen LogP contribution in [0.2, 0.25) is 0 Å². The number of fused-ring (bicyclic) bond motifs is 1. The van der Waals surface area contributed by atoms with E-state index in [2.05, 4.69) is 31.9 Å². The number of rotatable bonds is 1. The summed E-state index contributed by atoms with van der Waals surface area (Å²) in [5, 5.41) is 12.3. The minimum absolute atomic E-state index is 0.0210. The van der Waals surface area contributed by atoms with Gasteiger partial charge in [-0.1, -0.05) is 19.9 Å². The van der Waals surface area contributed by atoms with Gasteiger partial charge in [0.25, 0.3) is 0 Å². The van der Waals surface area contributed by atoms with Gasteiger partial charge in [0.1, 0.15) is 0 Å². The number of ether oxygens (including phenoxy) is 4. The summed E-state index contributed by atoms with van der Waals surface area (Å²) in [4.78, 5) is 2.33. The fourth-order valence-corrected chi connectivity index (χ4v) is 6.88. The zero-order chi connectivity index (χ0) is 20.2. The van der Waals surface area contributed by atoms with Crippen molar-refractivity contribution in [2.75, 3.05) is 33.9 Å². The fraction of sp³-hybridized carbons (Fsp3) is 0.739. The van der Waals surface area contributed by atoms with E-state index in [-0.39, 0.29) is 17.6 Å². The van der Waals surface area contributed by atoms with Gasteiger partial charge in [-0.15, -0.1) is 0 Å². The molecular formula is C23H31NO5. The molecular weight excluding hydrogens is 370 g/mol. The summed E-state index contributed by atoms with van der Waals surface area (Å²) < 4.78 is 25.4. The molecule has 6 rings (SSSR count). The summed E-state index contributed by atoms with van der Waals surface area (Å²) >= 11 is 0. The molecule has 0 amide bonds. The normalized spacial score (nSPS) is 41.0. The Bertz CT molecular complexity index is 874. The molecule has 2 spiro atoms. The quantitative estimate of drug-likeness (QED) is 0.779. The third-order valence-corrected chi connectivity index (χ3v) is 8.35. The van der Waals surface area contributed by atoms with Crippen LogP contribution in [0.4, 0.5) is 0 Å². The van der Waals surface area contributed by atoms with E-state index in [4.69, 9.17) is 18.9 Å². The lowest BCUT2D eigenvalue weighted by atomic mass is 9.48. The molecule has 1 aromatic carbocycles. The molecule has 4 atom stereocenters. The van der Waals surface area contributed by atoms with Gasteiger partial charge in [-0.2, -0.15) is 0 Å². The molecule has 0 radical (unpaired) electrons. The minimum Gasteiger partial charge on any atom is -0.493 e. The van der Waals surface area contributed by atoms with Gasteiger partial charge in [-0.3, -0.25) is 0 Å². The summed E-state index contributed by atoms with van der Waals surface area (Å²) in [6, 6.07) is 4.23. The first-order chi connectivity index (χ1) is 13.8. The molecule has 1 N–H and O–H groups in total. The fourth-order valence-electron chi connectivity index (χ4n) is 6.88. The molecule has 3 fully saturated rings. The SMILES string of the molecule is COc1ccc2c3c1O[C@H]1C4(CCC5(O)[C@@H](C2)N(C)CC[C@]315)OCC(C)(C)CO4. The number of likely N-dealkylation sites (tertiary alicyclic amines) is 1. The molecule has 29 heavy (non-hydrogen) atoms. The van der Waals surface area contributed by atoms with E-state index >= 15 is 0 Å². The van der Waals surface area contributed by atoms with Crippen LogP contribution in [0.1, 0.15) is 44.2 Å².